The molecular weight excluding hydrogens is 180 g/mol. The number of hydrogen-bond donors (Lipinski definition) is 2. The van der Waals surface area contributed by atoms with Crippen LogP contribution in [-0.4, -0.2) is 37.7 Å². The lowest BCUT2D eigenvalue weighted by molar-refractivity contribution is -0.120. The molecule has 0 radical (unpaired) electrons. The normalized spacial score (nSPS) is 22.6. The number of carbonyl (C=O) groups is 2. The van der Waals surface area contributed by atoms with Crippen LogP contribution in [0.5, 0.6) is 0 Å². The molecule has 4 nitrogen and oxygen atoms in total. The summed E-state index contributed by atoms with van der Waals surface area (Å²) in [6.07, 6.45) is 2.94. The number of piperidine rings is 2. The lowest BCUT2D eigenvalue weighted by Gasteiger charge is -2.08. The zero-order chi connectivity index (χ0) is 10.2. The third kappa shape index (κ3) is 5.09. The van der Waals surface area contributed by atoms with Gasteiger partial charge in [-0.05, 0) is 0 Å². The molecule has 2 aliphatic heterocycles. The molecule has 0 saturated carbocycles. The highest BCUT2D eigenvalue weighted by Crippen LogP contribution is 1.92. The van der Waals surface area contributed by atoms with Gasteiger partial charge < -0.3 is 10.6 Å². The standard InChI is InChI=1S/2C5H9NO/c2*7-5-1-3-6-4-2-5/h2*6H,1-4H2. The molecular formula is C10H18N2O2. The van der Waals surface area contributed by atoms with Crippen LogP contribution in [0, 0.1) is 0 Å². The molecule has 0 atom stereocenters. The minimum Gasteiger partial charge on any atom is -0.316 e. The van der Waals surface area contributed by atoms with Gasteiger partial charge in [0.1, 0.15) is 11.6 Å². The summed E-state index contributed by atoms with van der Waals surface area (Å²) in [7, 11) is 0. The Morgan fingerprint density at radius 1 is 0.643 bits per heavy atom. The second kappa shape index (κ2) is 6.68. The molecule has 0 spiro atoms. The maximum absolute atomic E-state index is 10.4. The van der Waals surface area contributed by atoms with Crippen molar-refractivity contribution in [2.24, 2.45) is 0 Å². The molecule has 0 unspecified atom stereocenters. The van der Waals surface area contributed by atoms with Crippen molar-refractivity contribution in [2.75, 3.05) is 26.2 Å². The Labute approximate surface area is 84.4 Å². The number of carbonyl (C=O) groups excluding carboxylic acids is 2. The van der Waals surface area contributed by atoms with Crippen molar-refractivity contribution in [2.45, 2.75) is 25.7 Å². The quantitative estimate of drug-likeness (QED) is 0.569. The third-order valence-corrected chi connectivity index (χ3v) is 2.32. The van der Waals surface area contributed by atoms with Crippen molar-refractivity contribution in [3.63, 3.8) is 0 Å². The van der Waals surface area contributed by atoms with Crippen molar-refractivity contribution in [3.05, 3.63) is 0 Å². The first-order valence-electron chi connectivity index (χ1n) is 5.24. The SMILES string of the molecule is O=C1CCNCC1.O=C1CCNCC1. The highest BCUT2D eigenvalue weighted by Gasteiger charge is 2.05. The Kier molecular flexibility index (Phi) is 5.40. The van der Waals surface area contributed by atoms with Gasteiger partial charge in [-0.3, -0.25) is 9.59 Å². The average Bonchev–Trinajstić information content (AvgIpc) is 2.21. The van der Waals surface area contributed by atoms with Gasteiger partial charge >= 0.3 is 0 Å². The first kappa shape index (κ1) is 11.3. The number of ketones is 2. The van der Waals surface area contributed by atoms with Gasteiger partial charge in [-0.25, -0.2) is 0 Å². The van der Waals surface area contributed by atoms with E-state index in [-0.39, 0.29) is 0 Å². The van der Waals surface area contributed by atoms with Crippen molar-refractivity contribution in [1.82, 2.24) is 10.6 Å². The first-order valence-corrected chi connectivity index (χ1v) is 5.24. The minimum absolute atomic E-state index is 0.402. The Morgan fingerprint density at radius 2 is 0.929 bits per heavy atom. The van der Waals surface area contributed by atoms with Crippen LogP contribution in [0.4, 0.5) is 0 Å². The molecule has 0 amide bonds. The zero-order valence-electron chi connectivity index (χ0n) is 8.47. The minimum atomic E-state index is 0.402. The van der Waals surface area contributed by atoms with E-state index in [4.69, 9.17) is 0 Å². The maximum Gasteiger partial charge on any atom is 0.135 e. The van der Waals surface area contributed by atoms with Crippen LogP contribution in [0.2, 0.25) is 0 Å². The van der Waals surface area contributed by atoms with Gasteiger partial charge in [-0.1, -0.05) is 0 Å². The molecule has 80 valence electrons. The van der Waals surface area contributed by atoms with E-state index in [1.165, 1.54) is 0 Å². The third-order valence-electron chi connectivity index (χ3n) is 2.32. The molecule has 0 aliphatic carbocycles. The van der Waals surface area contributed by atoms with E-state index >= 15 is 0 Å². The van der Waals surface area contributed by atoms with E-state index in [9.17, 15) is 9.59 Å². The van der Waals surface area contributed by atoms with Crippen LogP contribution in [0.1, 0.15) is 25.7 Å². The van der Waals surface area contributed by atoms with Gasteiger partial charge in [0.2, 0.25) is 0 Å². The smallest absolute Gasteiger partial charge is 0.135 e. The van der Waals surface area contributed by atoms with Crippen LogP contribution >= 0.6 is 0 Å². The topological polar surface area (TPSA) is 58.2 Å². The van der Waals surface area contributed by atoms with Gasteiger partial charge in [0, 0.05) is 51.9 Å². The van der Waals surface area contributed by atoms with E-state index in [2.05, 4.69) is 10.6 Å². The highest BCUT2D eigenvalue weighted by molar-refractivity contribution is 5.79. The largest absolute Gasteiger partial charge is 0.316 e. The molecule has 0 aromatic carbocycles. The maximum atomic E-state index is 10.4. The molecule has 0 aromatic rings. The molecule has 2 fully saturated rings. The van der Waals surface area contributed by atoms with Crippen molar-refractivity contribution in [3.8, 4) is 0 Å². The van der Waals surface area contributed by atoms with Gasteiger partial charge in [-0.15, -0.1) is 0 Å². The van der Waals surface area contributed by atoms with Gasteiger partial charge in [0.15, 0.2) is 0 Å². The van der Waals surface area contributed by atoms with Crippen molar-refractivity contribution in [1.29, 1.82) is 0 Å². The molecule has 14 heavy (non-hydrogen) atoms. The van der Waals surface area contributed by atoms with Gasteiger partial charge in [0.25, 0.3) is 0 Å². The monoisotopic (exact) mass is 198 g/mol. The fraction of sp³-hybridized carbons (Fsp3) is 0.800. The summed E-state index contributed by atoms with van der Waals surface area (Å²) in [5.74, 6) is 0.803. The summed E-state index contributed by atoms with van der Waals surface area (Å²) < 4.78 is 0. The number of rotatable bonds is 0. The Hall–Kier alpha value is -0.740. The molecule has 4 heteroatoms. The lowest BCUT2D eigenvalue weighted by Crippen LogP contribution is -2.27. The molecule has 2 heterocycles. The van der Waals surface area contributed by atoms with Crippen molar-refractivity contribution < 1.29 is 9.59 Å². The fourth-order valence-electron chi connectivity index (χ4n) is 1.41. The molecule has 2 rings (SSSR count). The molecule has 0 aromatic heterocycles. The van der Waals surface area contributed by atoms with E-state index in [1.54, 1.807) is 0 Å². The molecule has 0 bridgehead atoms. The highest BCUT2D eigenvalue weighted by atomic mass is 16.1. The Morgan fingerprint density at radius 3 is 1.07 bits per heavy atom. The predicted molar refractivity (Wildman–Crippen MR) is 54.2 cm³/mol. The average molecular weight is 198 g/mol. The van der Waals surface area contributed by atoms with Crippen LogP contribution in [0.15, 0.2) is 0 Å². The lowest BCUT2D eigenvalue weighted by atomic mass is 10.1. The second-order valence-corrected chi connectivity index (χ2v) is 3.58. The summed E-state index contributed by atoms with van der Waals surface area (Å²) in [4.78, 5) is 20.8. The van der Waals surface area contributed by atoms with Crippen LogP contribution in [0.25, 0.3) is 0 Å². The Bertz CT molecular complexity index is 166. The zero-order valence-corrected chi connectivity index (χ0v) is 8.47. The number of Topliss-reactive ketones (excluding diaryl/α,β-unsaturated/α-hetero) is 2. The number of nitrogens with one attached hydrogen (secondary N) is 2. The molecule has 2 aliphatic rings. The summed E-state index contributed by atoms with van der Waals surface area (Å²) >= 11 is 0. The van der Waals surface area contributed by atoms with Crippen LogP contribution < -0.4 is 10.6 Å². The first-order chi connectivity index (χ1) is 6.79. The molecule has 2 N–H and O–H groups in total. The summed E-state index contributed by atoms with van der Waals surface area (Å²) in [5, 5.41) is 6.19. The summed E-state index contributed by atoms with van der Waals surface area (Å²) in [6, 6.07) is 0. The van der Waals surface area contributed by atoms with E-state index in [0.717, 1.165) is 51.9 Å². The summed E-state index contributed by atoms with van der Waals surface area (Å²) in [6.45, 7) is 3.55. The van der Waals surface area contributed by atoms with Crippen LogP contribution in [-0.2, 0) is 9.59 Å². The van der Waals surface area contributed by atoms with Crippen molar-refractivity contribution >= 4 is 11.6 Å². The Balaban J connectivity index is 0.000000140. The van der Waals surface area contributed by atoms with Gasteiger partial charge in [-0.2, -0.15) is 0 Å². The van der Waals surface area contributed by atoms with Crippen LogP contribution in [0.3, 0.4) is 0 Å². The number of hydrogen-bond acceptors (Lipinski definition) is 4. The fourth-order valence-corrected chi connectivity index (χ4v) is 1.41. The van der Waals surface area contributed by atoms with E-state index in [1.807, 2.05) is 0 Å². The predicted octanol–water partition coefficient (Wildman–Crippen LogP) is -0.122. The van der Waals surface area contributed by atoms with Gasteiger partial charge in [0.05, 0.1) is 0 Å². The second-order valence-electron chi connectivity index (χ2n) is 3.58. The molecule has 2 saturated heterocycles. The van der Waals surface area contributed by atoms with E-state index in [0.29, 0.717) is 11.6 Å². The van der Waals surface area contributed by atoms with E-state index < -0.39 is 0 Å². The summed E-state index contributed by atoms with van der Waals surface area (Å²) in [5.41, 5.74) is 0.